The minimum atomic E-state index is -0.495. The summed E-state index contributed by atoms with van der Waals surface area (Å²) in [6.07, 6.45) is 5.99. The Hall–Kier alpha value is -1.06. The van der Waals surface area contributed by atoms with Crippen molar-refractivity contribution in [1.82, 2.24) is 4.90 Å². The summed E-state index contributed by atoms with van der Waals surface area (Å²) in [6, 6.07) is -0.224. The van der Waals surface area contributed by atoms with Crippen LogP contribution in [0.1, 0.15) is 59.3 Å². The van der Waals surface area contributed by atoms with E-state index in [1.165, 1.54) is 6.42 Å². The lowest BCUT2D eigenvalue weighted by molar-refractivity contribution is -0.133. The van der Waals surface area contributed by atoms with Crippen LogP contribution < -0.4 is 0 Å². The molecule has 1 heterocycles. The molecule has 1 atom stereocenters. The first kappa shape index (κ1) is 14.4. The van der Waals surface area contributed by atoms with Crippen molar-refractivity contribution in [2.75, 3.05) is 6.54 Å². The summed E-state index contributed by atoms with van der Waals surface area (Å²) >= 11 is 0. The maximum absolute atomic E-state index is 12.4. The van der Waals surface area contributed by atoms with Gasteiger partial charge >= 0.3 is 6.09 Å². The van der Waals surface area contributed by atoms with Crippen LogP contribution in [0.25, 0.3) is 0 Å². The zero-order valence-corrected chi connectivity index (χ0v) is 12.3. The van der Waals surface area contributed by atoms with Gasteiger partial charge < -0.3 is 4.74 Å². The molecule has 2 rings (SSSR count). The van der Waals surface area contributed by atoms with Gasteiger partial charge in [0.2, 0.25) is 0 Å². The van der Waals surface area contributed by atoms with Crippen LogP contribution in [-0.4, -0.2) is 35.0 Å². The largest absolute Gasteiger partial charge is 0.444 e. The molecule has 0 aromatic rings. The number of ether oxygens (including phenoxy) is 1. The minimum absolute atomic E-state index is 0.170. The third-order valence-corrected chi connectivity index (χ3v) is 3.98. The molecule has 0 aromatic carbocycles. The maximum Gasteiger partial charge on any atom is 0.410 e. The molecule has 1 aliphatic heterocycles. The van der Waals surface area contributed by atoms with Gasteiger partial charge in [-0.25, -0.2) is 4.79 Å². The van der Waals surface area contributed by atoms with Crippen LogP contribution in [0.3, 0.4) is 0 Å². The second-order valence-electron chi connectivity index (χ2n) is 6.72. The van der Waals surface area contributed by atoms with E-state index in [1.54, 1.807) is 4.90 Å². The molecule has 19 heavy (non-hydrogen) atoms. The predicted molar refractivity (Wildman–Crippen MR) is 72.9 cm³/mol. The van der Waals surface area contributed by atoms with Crippen molar-refractivity contribution in [3.8, 4) is 0 Å². The Morgan fingerprint density at radius 3 is 2.16 bits per heavy atom. The van der Waals surface area contributed by atoms with Gasteiger partial charge in [-0.1, -0.05) is 19.3 Å². The van der Waals surface area contributed by atoms with Crippen molar-refractivity contribution < 1.29 is 14.3 Å². The Balaban J connectivity index is 1.90. The lowest BCUT2D eigenvalue weighted by Crippen LogP contribution is -2.57. The van der Waals surface area contributed by atoms with Gasteiger partial charge in [0.05, 0.1) is 6.04 Å². The number of ketones is 1. The topological polar surface area (TPSA) is 46.6 Å². The van der Waals surface area contributed by atoms with Gasteiger partial charge in [-0.3, -0.25) is 9.69 Å². The summed E-state index contributed by atoms with van der Waals surface area (Å²) in [5, 5.41) is 0. The highest BCUT2D eigenvalue weighted by Gasteiger charge is 2.42. The first-order chi connectivity index (χ1) is 8.88. The summed E-state index contributed by atoms with van der Waals surface area (Å²) in [4.78, 5) is 26.0. The van der Waals surface area contributed by atoms with E-state index in [-0.39, 0.29) is 23.8 Å². The van der Waals surface area contributed by atoms with E-state index in [4.69, 9.17) is 4.74 Å². The summed E-state index contributed by atoms with van der Waals surface area (Å²) < 4.78 is 5.34. The normalized spacial score (nSPS) is 24.8. The number of carbonyl (C=O) groups excluding carboxylic acids is 2. The summed E-state index contributed by atoms with van der Waals surface area (Å²) in [7, 11) is 0. The molecule has 0 radical (unpaired) electrons. The molecule has 108 valence electrons. The van der Waals surface area contributed by atoms with Crippen molar-refractivity contribution in [1.29, 1.82) is 0 Å². The van der Waals surface area contributed by atoms with Gasteiger partial charge in [0.15, 0.2) is 5.78 Å². The van der Waals surface area contributed by atoms with E-state index < -0.39 is 5.60 Å². The van der Waals surface area contributed by atoms with Crippen molar-refractivity contribution in [2.45, 2.75) is 70.9 Å². The van der Waals surface area contributed by atoms with E-state index in [1.807, 2.05) is 20.8 Å². The molecule has 4 heteroatoms. The van der Waals surface area contributed by atoms with Gasteiger partial charge in [0.1, 0.15) is 5.60 Å². The van der Waals surface area contributed by atoms with Gasteiger partial charge in [-0.05, 0) is 40.0 Å². The van der Waals surface area contributed by atoms with Crippen LogP contribution in [0.2, 0.25) is 0 Å². The van der Waals surface area contributed by atoms with Crippen LogP contribution >= 0.6 is 0 Å². The molecule has 1 unspecified atom stereocenters. The molecule has 0 spiro atoms. The fourth-order valence-electron chi connectivity index (χ4n) is 2.88. The van der Waals surface area contributed by atoms with Crippen molar-refractivity contribution in [3.05, 3.63) is 0 Å². The van der Waals surface area contributed by atoms with Crippen molar-refractivity contribution in [2.24, 2.45) is 5.92 Å². The van der Waals surface area contributed by atoms with Gasteiger partial charge in [0.25, 0.3) is 0 Å². The number of amides is 1. The molecule has 1 saturated carbocycles. The van der Waals surface area contributed by atoms with Gasteiger partial charge in [0, 0.05) is 12.5 Å². The Kier molecular flexibility index (Phi) is 4.16. The third kappa shape index (κ3) is 3.48. The smallest absolute Gasteiger partial charge is 0.410 e. The SMILES string of the molecule is CC(C)(C)OC(=O)N1CCC1C(=O)C1CCCCC1. The van der Waals surface area contributed by atoms with Crippen LogP contribution in [0.4, 0.5) is 4.79 Å². The molecular weight excluding hydrogens is 242 g/mol. The van der Waals surface area contributed by atoms with E-state index >= 15 is 0 Å². The first-order valence-electron chi connectivity index (χ1n) is 7.42. The highest BCUT2D eigenvalue weighted by Crippen LogP contribution is 2.30. The molecule has 1 amide bonds. The lowest BCUT2D eigenvalue weighted by Gasteiger charge is -2.42. The lowest BCUT2D eigenvalue weighted by atomic mass is 9.81. The standard InChI is InChI=1S/C15H25NO3/c1-15(2,3)19-14(18)16-10-9-12(16)13(17)11-7-5-4-6-8-11/h11-12H,4-10H2,1-3H3. The zero-order valence-electron chi connectivity index (χ0n) is 12.3. The summed E-state index contributed by atoms with van der Waals surface area (Å²) in [6.45, 7) is 6.20. The molecule has 1 aliphatic carbocycles. The van der Waals surface area contributed by atoms with Crippen LogP contribution in [0, 0.1) is 5.92 Å². The van der Waals surface area contributed by atoms with E-state index in [0.717, 1.165) is 32.1 Å². The number of carbonyl (C=O) groups is 2. The number of hydrogen-bond donors (Lipinski definition) is 0. The number of Topliss-reactive ketones (excluding diaryl/α,β-unsaturated/α-hetero) is 1. The van der Waals surface area contributed by atoms with Crippen LogP contribution in [0.5, 0.6) is 0 Å². The number of nitrogens with zero attached hydrogens (tertiary/aromatic N) is 1. The second-order valence-corrected chi connectivity index (χ2v) is 6.72. The Morgan fingerprint density at radius 1 is 1.05 bits per heavy atom. The number of rotatable bonds is 2. The fourth-order valence-corrected chi connectivity index (χ4v) is 2.88. The second kappa shape index (κ2) is 5.51. The van der Waals surface area contributed by atoms with E-state index in [0.29, 0.717) is 6.54 Å². The highest BCUT2D eigenvalue weighted by atomic mass is 16.6. The summed E-state index contributed by atoms with van der Waals surface area (Å²) in [5.41, 5.74) is -0.495. The summed E-state index contributed by atoms with van der Waals surface area (Å²) in [5.74, 6) is 0.431. The molecular formula is C15H25NO3. The highest BCUT2D eigenvalue weighted by molar-refractivity contribution is 5.90. The zero-order chi connectivity index (χ0) is 14.0. The average molecular weight is 267 g/mol. The van der Waals surface area contributed by atoms with Crippen molar-refractivity contribution in [3.63, 3.8) is 0 Å². The Morgan fingerprint density at radius 2 is 1.68 bits per heavy atom. The fraction of sp³-hybridized carbons (Fsp3) is 0.867. The van der Waals surface area contributed by atoms with Crippen LogP contribution in [-0.2, 0) is 9.53 Å². The molecule has 1 saturated heterocycles. The molecule has 0 bridgehead atoms. The molecule has 2 fully saturated rings. The van der Waals surface area contributed by atoms with Crippen molar-refractivity contribution >= 4 is 11.9 Å². The Bertz CT molecular complexity index is 353. The molecule has 0 N–H and O–H groups in total. The number of likely N-dealkylation sites (tertiary alicyclic amines) is 1. The predicted octanol–water partition coefficient (Wildman–Crippen LogP) is 3.15. The monoisotopic (exact) mass is 267 g/mol. The maximum atomic E-state index is 12.4. The average Bonchev–Trinajstić information content (AvgIpc) is 2.26. The first-order valence-corrected chi connectivity index (χ1v) is 7.42. The molecule has 2 aliphatic rings. The number of hydrogen-bond acceptors (Lipinski definition) is 3. The van der Waals surface area contributed by atoms with Gasteiger partial charge in [-0.15, -0.1) is 0 Å². The van der Waals surface area contributed by atoms with Crippen LogP contribution in [0.15, 0.2) is 0 Å². The third-order valence-electron chi connectivity index (χ3n) is 3.98. The van der Waals surface area contributed by atoms with E-state index in [9.17, 15) is 9.59 Å². The molecule has 0 aromatic heterocycles. The quantitative estimate of drug-likeness (QED) is 0.772. The van der Waals surface area contributed by atoms with Gasteiger partial charge in [-0.2, -0.15) is 0 Å². The molecule has 4 nitrogen and oxygen atoms in total. The Labute approximate surface area is 115 Å². The van der Waals surface area contributed by atoms with E-state index in [2.05, 4.69) is 0 Å². The minimum Gasteiger partial charge on any atom is -0.444 e.